The van der Waals surface area contributed by atoms with Gasteiger partial charge in [-0.2, -0.15) is 0 Å². The summed E-state index contributed by atoms with van der Waals surface area (Å²) in [5.41, 5.74) is 2.53. The molecule has 0 saturated heterocycles. The molecule has 0 radical (unpaired) electrons. The van der Waals surface area contributed by atoms with Gasteiger partial charge in [-0.05, 0) is 37.5 Å². The monoisotopic (exact) mass is 353 g/mol. The lowest BCUT2D eigenvalue weighted by Crippen LogP contribution is -2.36. The number of anilines is 1. The average Bonchev–Trinajstić information content (AvgIpc) is 3.48. The molecule has 5 nitrogen and oxygen atoms in total. The fourth-order valence-electron chi connectivity index (χ4n) is 3.10. The lowest BCUT2D eigenvalue weighted by molar-refractivity contribution is 0.311. The van der Waals surface area contributed by atoms with Crippen LogP contribution in [0.4, 0.5) is 5.69 Å². The molecule has 2 aromatic rings. The molecule has 0 aromatic heterocycles. The molecule has 0 aliphatic heterocycles. The van der Waals surface area contributed by atoms with E-state index in [0.29, 0.717) is 12.4 Å². The smallest absolute Gasteiger partial charge is 0.195 e. The summed E-state index contributed by atoms with van der Waals surface area (Å²) in [7, 11) is 3.43. The van der Waals surface area contributed by atoms with Crippen molar-refractivity contribution in [2.45, 2.75) is 25.2 Å². The molecule has 0 amide bonds. The second-order valence-electron chi connectivity index (χ2n) is 6.50. The fourth-order valence-corrected chi connectivity index (χ4v) is 3.10. The first kappa shape index (κ1) is 18.1. The van der Waals surface area contributed by atoms with Crippen molar-refractivity contribution < 1.29 is 9.47 Å². The highest BCUT2D eigenvalue weighted by Crippen LogP contribution is 2.47. The molecular formula is C21H27N3O2. The van der Waals surface area contributed by atoms with E-state index in [-0.39, 0.29) is 5.41 Å². The molecule has 1 saturated carbocycles. The van der Waals surface area contributed by atoms with Crippen molar-refractivity contribution in [1.82, 2.24) is 5.32 Å². The molecule has 0 atom stereocenters. The largest absolute Gasteiger partial charge is 0.493 e. The van der Waals surface area contributed by atoms with Crippen LogP contribution in [-0.4, -0.2) is 33.3 Å². The number of rotatable bonds is 7. The molecule has 1 aliphatic rings. The summed E-state index contributed by atoms with van der Waals surface area (Å²) in [5, 5.41) is 6.79. The molecule has 0 heterocycles. The summed E-state index contributed by atoms with van der Waals surface area (Å²) in [5.74, 6) is 2.19. The zero-order valence-electron chi connectivity index (χ0n) is 15.7. The standard InChI is InChI=1S/C21H27N3O2/c1-4-26-18-11-10-17(14-19(18)25-3)24-20(22-2)23-15-21(12-13-21)16-8-6-5-7-9-16/h5-11,14H,4,12-13,15H2,1-3H3,(H2,22,23,24). The topological polar surface area (TPSA) is 54.9 Å². The van der Waals surface area contributed by atoms with Crippen LogP contribution in [0.3, 0.4) is 0 Å². The summed E-state index contributed by atoms with van der Waals surface area (Å²) in [6.45, 7) is 3.43. The van der Waals surface area contributed by atoms with Crippen LogP contribution in [0.2, 0.25) is 0 Å². The summed E-state index contributed by atoms with van der Waals surface area (Å²) >= 11 is 0. The quantitative estimate of drug-likeness (QED) is 0.587. The minimum atomic E-state index is 0.232. The van der Waals surface area contributed by atoms with Gasteiger partial charge in [0.15, 0.2) is 17.5 Å². The van der Waals surface area contributed by atoms with Crippen LogP contribution >= 0.6 is 0 Å². The van der Waals surface area contributed by atoms with E-state index < -0.39 is 0 Å². The molecular weight excluding hydrogens is 326 g/mol. The molecule has 1 fully saturated rings. The normalized spacial score (nSPS) is 15.3. The Bertz CT molecular complexity index is 755. The molecule has 0 bridgehead atoms. The third kappa shape index (κ3) is 4.10. The lowest BCUT2D eigenvalue weighted by atomic mass is 9.96. The van der Waals surface area contributed by atoms with E-state index in [1.165, 1.54) is 18.4 Å². The van der Waals surface area contributed by atoms with Gasteiger partial charge in [0, 0.05) is 30.8 Å². The van der Waals surface area contributed by atoms with E-state index >= 15 is 0 Å². The number of benzene rings is 2. The summed E-state index contributed by atoms with van der Waals surface area (Å²) in [4.78, 5) is 4.34. The van der Waals surface area contributed by atoms with Crippen LogP contribution in [0.25, 0.3) is 0 Å². The average molecular weight is 353 g/mol. The number of aliphatic imine (C=N–C) groups is 1. The van der Waals surface area contributed by atoms with Gasteiger partial charge in [0.05, 0.1) is 13.7 Å². The van der Waals surface area contributed by atoms with Crippen molar-refractivity contribution in [3.05, 3.63) is 54.1 Å². The summed E-state index contributed by atoms with van der Waals surface area (Å²) < 4.78 is 11.0. The van der Waals surface area contributed by atoms with Crippen LogP contribution in [0.1, 0.15) is 25.3 Å². The van der Waals surface area contributed by atoms with Crippen molar-refractivity contribution in [3.8, 4) is 11.5 Å². The highest BCUT2D eigenvalue weighted by atomic mass is 16.5. The maximum atomic E-state index is 5.56. The Morgan fingerprint density at radius 1 is 1.12 bits per heavy atom. The molecule has 26 heavy (non-hydrogen) atoms. The highest BCUT2D eigenvalue weighted by Gasteiger charge is 2.44. The van der Waals surface area contributed by atoms with Gasteiger partial charge in [-0.15, -0.1) is 0 Å². The molecule has 2 N–H and O–H groups in total. The van der Waals surface area contributed by atoms with Gasteiger partial charge in [-0.1, -0.05) is 30.3 Å². The number of hydrogen-bond acceptors (Lipinski definition) is 3. The van der Waals surface area contributed by atoms with Crippen molar-refractivity contribution >= 4 is 11.6 Å². The Labute approximate surface area is 155 Å². The first-order valence-corrected chi connectivity index (χ1v) is 9.05. The van der Waals surface area contributed by atoms with E-state index in [0.717, 1.165) is 23.9 Å². The minimum Gasteiger partial charge on any atom is -0.493 e. The number of ether oxygens (including phenoxy) is 2. The number of nitrogens with one attached hydrogen (secondary N) is 2. The fraction of sp³-hybridized carbons (Fsp3) is 0.381. The predicted octanol–water partition coefficient (Wildman–Crippen LogP) is 3.81. The Balaban J connectivity index is 1.64. The van der Waals surface area contributed by atoms with Gasteiger partial charge in [0.25, 0.3) is 0 Å². The van der Waals surface area contributed by atoms with Gasteiger partial charge in [-0.25, -0.2) is 0 Å². The summed E-state index contributed by atoms with van der Waals surface area (Å²) in [6, 6.07) is 16.5. The zero-order valence-corrected chi connectivity index (χ0v) is 15.7. The number of hydrogen-bond donors (Lipinski definition) is 2. The van der Waals surface area contributed by atoms with E-state index in [9.17, 15) is 0 Å². The Morgan fingerprint density at radius 3 is 2.50 bits per heavy atom. The van der Waals surface area contributed by atoms with Gasteiger partial charge in [0.1, 0.15) is 0 Å². The van der Waals surface area contributed by atoms with E-state index in [1.54, 1.807) is 14.2 Å². The minimum absolute atomic E-state index is 0.232. The van der Waals surface area contributed by atoms with Gasteiger partial charge in [-0.3, -0.25) is 4.99 Å². The van der Waals surface area contributed by atoms with Crippen LogP contribution in [0, 0.1) is 0 Å². The van der Waals surface area contributed by atoms with E-state index in [2.05, 4.69) is 46.0 Å². The van der Waals surface area contributed by atoms with Gasteiger partial charge in [0.2, 0.25) is 0 Å². The first-order chi connectivity index (χ1) is 12.7. The maximum absolute atomic E-state index is 5.56. The summed E-state index contributed by atoms with van der Waals surface area (Å²) in [6.07, 6.45) is 2.41. The Hall–Kier alpha value is -2.69. The lowest BCUT2D eigenvalue weighted by Gasteiger charge is -2.19. The van der Waals surface area contributed by atoms with Crippen molar-refractivity contribution in [1.29, 1.82) is 0 Å². The second kappa shape index (κ2) is 8.13. The van der Waals surface area contributed by atoms with Gasteiger partial charge < -0.3 is 20.1 Å². The van der Waals surface area contributed by atoms with Crippen LogP contribution < -0.4 is 20.1 Å². The number of guanidine groups is 1. The third-order valence-electron chi connectivity index (χ3n) is 4.78. The molecule has 138 valence electrons. The second-order valence-corrected chi connectivity index (χ2v) is 6.50. The van der Waals surface area contributed by atoms with Crippen LogP contribution in [0.15, 0.2) is 53.5 Å². The predicted molar refractivity (Wildman–Crippen MR) is 107 cm³/mol. The van der Waals surface area contributed by atoms with Crippen LogP contribution in [0.5, 0.6) is 11.5 Å². The Morgan fingerprint density at radius 2 is 1.88 bits per heavy atom. The van der Waals surface area contributed by atoms with Crippen molar-refractivity contribution in [2.24, 2.45) is 4.99 Å². The molecule has 1 aliphatic carbocycles. The molecule has 2 aromatic carbocycles. The van der Waals surface area contributed by atoms with E-state index in [1.807, 2.05) is 25.1 Å². The first-order valence-electron chi connectivity index (χ1n) is 9.05. The molecule has 5 heteroatoms. The maximum Gasteiger partial charge on any atom is 0.195 e. The zero-order chi connectivity index (χ0) is 18.4. The number of nitrogens with zero attached hydrogens (tertiary/aromatic N) is 1. The van der Waals surface area contributed by atoms with Crippen LogP contribution in [-0.2, 0) is 5.41 Å². The van der Waals surface area contributed by atoms with Crippen molar-refractivity contribution in [3.63, 3.8) is 0 Å². The highest BCUT2D eigenvalue weighted by molar-refractivity contribution is 5.94. The van der Waals surface area contributed by atoms with Crippen molar-refractivity contribution in [2.75, 3.05) is 32.6 Å². The van der Waals surface area contributed by atoms with Gasteiger partial charge >= 0.3 is 0 Å². The molecule has 0 spiro atoms. The van der Waals surface area contributed by atoms with E-state index in [4.69, 9.17) is 9.47 Å². The third-order valence-corrected chi connectivity index (χ3v) is 4.78. The molecule has 3 rings (SSSR count). The molecule has 0 unspecified atom stereocenters. The SMILES string of the molecule is CCOc1ccc(NC(=NC)NCC2(c3ccccc3)CC2)cc1OC. The number of methoxy groups -OCH3 is 1. The Kier molecular flexibility index (Phi) is 5.66.